The van der Waals surface area contributed by atoms with Gasteiger partial charge in [-0.15, -0.1) is 0 Å². The molecule has 0 aromatic heterocycles. The minimum atomic E-state index is -1.10. The van der Waals surface area contributed by atoms with Gasteiger partial charge in [0.25, 0.3) is 5.91 Å². The number of carboxylic acids is 1. The van der Waals surface area contributed by atoms with E-state index in [0.29, 0.717) is 45.6 Å². The third-order valence-corrected chi connectivity index (χ3v) is 7.02. The second-order valence-electron chi connectivity index (χ2n) is 10.9. The Bertz CT molecular complexity index is 1550. The van der Waals surface area contributed by atoms with E-state index in [1.54, 1.807) is 60.7 Å². The summed E-state index contributed by atoms with van der Waals surface area (Å²) >= 11 is 6.01. The molecule has 2 atom stereocenters. The van der Waals surface area contributed by atoms with Crippen LogP contribution in [0, 0.1) is 12.8 Å². The highest BCUT2D eigenvalue weighted by atomic mass is 35.5. The highest BCUT2D eigenvalue weighted by Crippen LogP contribution is 2.35. The first-order valence-corrected chi connectivity index (χ1v) is 14.6. The molecule has 13 heteroatoms. The summed E-state index contributed by atoms with van der Waals surface area (Å²) in [5, 5.41) is 20.9. The number of benzene rings is 3. The molecule has 4 rings (SSSR count). The standard InChI is InChI=1S/C32H35ClN4O8/c1-18(2)12-26(31(41)36-25(15-30(39)40)20-5-11-27-28(13-20)45-17-44-27)35-29(38)16-43-23-9-7-22(8-10-23)34-32(42)37-24-14-21(33)6-4-19(24)3/h4-11,13-14,18,25-26H,12,15-17H2,1-3H3,(H,35,38)(H,36,41)(H,39,40)(H2,34,37,42). The van der Waals surface area contributed by atoms with Gasteiger partial charge >= 0.3 is 12.0 Å². The first-order chi connectivity index (χ1) is 21.5. The molecule has 2 unspecified atom stereocenters. The van der Waals surface area contributed by atoms with E-state index in [2.05, 4.69) is 21.3 Å². The lowest BCUT2D eigenvalue weighted by molar-refractivity contribution is -0.138. The zero-order chi connectivity index (χ0) is 32.5. The van der Waals surface area contributed by atoms with Crippen LogP contribution in [0.3, 0.4) is 0 Å². The maximum Gasteiger partial charge on any atom is 0.323 e. The van der Waals surface area contributed by atoms with Crippen LogP contribution in [0.1, 0.15) is 43.9 Å². The molecule has 1 aliphatic rings. The molecular weight excluding hydrogens is 604 g/mol. The lowest BCUT2D eigenvalue weighted by Crippen LogP contribution is -2.49. The first-order valence-electron chi connectivity index (χ1n) is 14.2. The molecule has 1 heterocycles. The molecule has 1 aliphatic heterocycles. The quantitative estimate of drug-likeness (QED) is 0.169. The molecule has 0 radical (unpaired) electrons. The lowest BCUT2D eigenvalue weighted by Gasteiger charge is -2.24. The van der Waals surface area contributed by atoms with Crippen LogP contribution < -0.4 is 35.5 Å². The highest BCUT2D eigenvalue weighted by Gasteiger charge is 2.27. The van der Waals surface area contributed by atoms with Gasteiger partial charge in [0.1, 0.15) is 11.8 Å². The Kier molecular flexibility index (Phi) is 11.1. The Morgan fingerprint density at radius 3 is 2.38 bits per heavy atom. The van der Waals surface area contributed by atoms with Crippen molar-refractivity contribution in [2.75, 3.05) is 24.0 Å². The van der Waals surface area contributed by atoms with Crippen LogP contribution in [0.4, 0.5) is 16.2 Å². The molecule has 0 aliphatic carbocycles. The van der Waals surface area contributed by atoms with E-state index in [9.17, 15) is 24.3 Å². The van der Waals surface area contributed by atoms with Crippen LogP contribution >= 0.6 is 11.6 Å². The lowest BCUT2D eigenvalue weighted by atomic mass is 10.00. The fraction of sp³-hybridized carbons (Fsp3) is 0.312. The number of anilines is 2. The Hall–Kier alpha value is -4.97. The molecule has 12 nitrogen and oxygen atoms in total. The van der Waals surface area contributed by atoms with Gasteiger partial charge in [-0.3, -0.25) is 14.4 Å². The number of halogens is 1. The minimum Gasteiger partial charge on any atom is -0.484 e. The normalized spacial score (nSPS) is 13.0. The molecule has 0 fully saturated rings. The largest absolute Gasteiger partial charge is 0.484 e. The van der Waals surface area contributed by atoms with E-state index < -0.39 is 35.9 Å². The zero-order valence-electron chi connectivity index (χ0n) is 25.0. The van der Waals surface area contributed by atoms with E-state index in [1.165, 1.54) is 0 Å². The molecule has 238 valence electrons. The van der Waals surface area contributed by atoms with Crippen LogP contribution in [-0.4, -0.2) is 48.4 Å². The zero-order valence-corrected chi connectivity index (χ0v) is 25.8. The third kappa shape index (κ3) is 9.77. The van der Waals surface area contributed by atoms with E-state index in [-0.39, 0.29) is 25.7 Å². The van der Waals surface area contributed by atoms with Crippen LogP contribution in [-0.2, 0) is 14.4 Å². The number of nitrogens with one attached hydrogen (secondary N) is 4. The van der Waals surface area contributed by atoms with Crippen molar-refractivity contribution in [3.05, 3.63) is 76.8 Å². The fourth-order valence-electron chi connectivity index (χ4n) is 4.56. The Morgan fingerprint density at radius 1 is 0.933 bits per heavy atom. The van der Waals surface area contributed by atoms with Crippen molar-refractivity contribution in [3.8, 4) is 17.2 Å². The number of hydrogen-bond donors (Lipinski definition) is 5. The maximum absolute atomic E-state index is 13.3. The Balaban J connectivity index is 1.31. The summed E-state index contributed by atoms with van der Waals surface area (Å²) in [7, 11) is 0. The molecular formula is C32H35ClN4O8. The van der Waals surface area contributed by atoms with Gasteiger partial charge in [0, 0.05) is 16.4 Å². The number of ether oxygens (including phenoxy) is 3. The van der Waals surface area contributed by atoms with Gasteiger partial charge in [-0.1, -0.05) is 37.6 Å². The number of aliphatic carboxylic acids is 1. The topological polar surface area (TPSA) is 164 Å². The van der Waals surface area contributed by atoms with E-state index in [1.807, 2.05) is 20.8 Å². The van der Waals surface area contributed by atoms with Crippen molar-refractivity contribution in [2.24, 2.45) is 5.92 Å². The number of hydrogen-bond acceptors (Lipinski definition) is 7. The number of fused-ring (bicyclic) bond motifs is 1. The summed E-state index contributed by atoms with van der Waals surface area (Å²) in [5.41, 5.74) is 2.47. The number of carboxylic acid groups (broad SMARTS) is 1. The van der Waals surface area contributed by atoms with Crippen LogP contribution in [0.25, 0.3) is 0 Å². The average Bonchev–Trinajstić information content (AvgIpc) is 3.45. The molecule has 3 aromatic rings. The van der Waals surface area contributed by atoms with E-state index in [0.717, 1.165) is 5.56 Å². The second-order valence-corrected chi connectivity index (χ2v) is 11.3. The van der Waals surface area contributed by atoms with Crippen molar-refractivity contribution >= 4 is 46.8 Å². The Morgan fingerprint density at radius 2 is 1.67 bits per heavy atom. The number of carbonyl (C=O) groups is 4. The maximum atomic E-state index is 13.3. The summed E-state index contributed by atoms with van der Waals surface area (Å²) in [5.74, 6) is -0.754. The smallest absolute Gasteiger partial charge is 0.323 e. The Labute approximate surface area is 265 Å². The van der Waals surface area contributed by atoms with Crippen LogP contribution in [0.5, 0.6) is 17.2 Å². The van der Waals surface area contributed by atoms with E-state index >= 15 is 0 Å². The molecule has 0 saturated heterocycles. The predicted octanol–water partition coefficient (Wildman–Crippen LogP) is 5.26. The summed E-state index contributed by atoms with van der Waals surface area (Å²) in [6.07, 6.45) is -0.0563. The summed E-state index contributed by atoms with van der Waals surface area (Å²) < 4.78 is 16.3. The van der Waals surface area contributed by atoms with Crippen molar-refractivity contribution in [2.45, 2.75) is 45.7 Å². The molecule has 5 N–H and O–H groups in total. The molecule has 45 heavy (non-hydrogen) atoms. The first kappa shape index (κ1) is 32.9. The third-order valence-electron chi connectivity index (χ3n) is 6.78. The van der Waals surface area contributed by atoms with Crippen molar-refractivity contribution in [3.63, 3.8) is 0 Å². The van der Waals surface area contributed by atoms with Crippen molar-refractivity contribution < 1.29 is 38.5 Å². The molecule has 4 amide bonds. The summed E-state index contributed by atoms with van der Waals surface area (Å²) in [6, 6.07) is 14.3. The predicted molar refractivity (Wildman–Crippen MR) is 168 cm³/mol. The van der Waals surface area contributed by atoms with Gasteiger partial charge in [-0.05, 0) is 78.9 Å². The van der Waals surface area contributed by atoms with Crippen molar-refractivity contribution in [1.82, 2.24) is 10.6 Å². The number of carbonyl (C=O) groups excluding carboxylic acids is 3. The average molecular weight is 639 g/mol. The number of amides is 4. The second kappa shape index (κ2) is 15.2. The van der Waals surface area contributed by atoms with Gasteiger partial charge in [-0.2, -0.15) is 0 Å². The SMILES string of the molecule is Cc1ccc(Cl)cc1NC(=O)Nc1ccc(OCC(=O)NC(CC(C)C)C(=O)NC(CC(=O)O)c2ccc3c(c2)OCO3)cc1. The number of urea groups is 1. The van der Waals surface area contributed by atoms with Crippen LogP contribution in [0.2, 0.25) is 5.02 Å². The van der Waals surface area contributed by atoms with Gasteiger partial charge < -0.3 is 40.6 Å². The monoisotopic (exact) mass is 638 g/mol. The summed E-state index contributed by atoms with van der Waals surface area (Å²) in [4.78, 5) is 50.1. The van der Waals surface area contributed by atoms with E-state index in [4.69, 9.17) is 25.8 Å². The van der Waals surface area contributed by atoms with Gasteiger partial charge in [0.05, 0.1) is 12.5 Å². The molecule has 0 saturated carbocycles. The molecule has 3 aromatic carbocycles. The van der Waals surface area contributed by atoms with Gasteiger partial charge in [0.2, 0.25) is 12.7 Å². The highest BCUT2D eigenvalue weighted by molar-refractivity contribution is 6.31. The number of rotatable bonds is 13. The summed E-state index contributed by atoms with van der Waals surface area (Å²) in [6.45, 7) is 5.35. The van der Waals surface area contributed by atoms with Gasteiger partial charge in [0.15, 0.2) is 18.1 Å². The van der Waals surface area contributed by atoms with Crippen LogP contribution in [0.15, 0.2) is 60.7 Å². The molecule has 0 bridgehead atoms. The number of aryl methyl sites for hydroxylation is 1. The fourth-order valence-corrected chi connectivity index (χ4v) is 4.74. The molecule has 0 spiro atoms. The minimum absolute atomic E-state index is 0.0467. The van der Waals surface area contributed by atoms with Crippen molar-refractivity contribution in [1.29, 1.82) is 0 Å². The van der Waals surface area contributed by atoms with Gasteiger partial charge in [-0.25, -0.2) is 4.79 Å².